The van der Waals surface area contributed by atoms with Crippen molar-refractivity contribution >= 4 is 49.1 Å². The highest BCUT2D eigenvalue weighted by Gasteiger charge is 2.20. The van der Waals surface area contributed by atoms with Crippen LogP contribution < -0.4 is 0 Å². The quantitative estimate of drug-likeness (QED) is 0.171. The Balaban J connectivity index is 1.07. The van der Waals surface area contributed by atoms with E-state index in [1.54, 1.807) is 0 Å². The van der Waals surface area contributed by atoms with Crippen LogP contribution in [0.1, 0.15) is 18.4 Å². The lowest BCUT2D eigenvalue weighted by Crippen LogP contribution is -2.01. The first-order valence-corrected chi connectivity index (χ1v) is 19.5. The van der Waals surface area contributed by atoms with E-state index in [1.807, 2.05) is 0 Å². The van der Waals surface area contributed by atoms with E-state index in [0.717, 1.165) is 84.5 Å². The SMILES string of the molecule is C1=CC(c2ccc(-c3cccc4c3oc3cccc(-c5ccccc5-c5nc(-c6ccc7ccccc7c6)nc(-c6ccc7ccccc7c6)n5)c34)cc2)=CCC1. The van der Waals surface area contributed by atoms with Gasteiger partial charge >= 0.3 is 0 Å². The molecule has 57 heavy (non-hydrogen) atoms. The molecule has 0 atom stereocenters. The van der Waals surface area contributed by atoms with Gasteiger partial charge in [-0.15, -0.1) is 0 Å². The summed E-state index contributed by atoms with van der Waals surface area (Å²) < 4.78 is 6.75. The van der Waals surface area contributed by atoms with Gasteiger partial charge in [-0.2, -0.15) is 0 Å². The van der Waals surface area contributed by atoms with Gasteiger partial charge in [-0.05, 0) is 80.4 Å². The second kappa shape index (κ2) is 13.7. The second-order valence-electron chi connectivity index (χ2n) is 14.7. The molecule has 8 aromatic carbocycles. The molecule has 4 heteroatoms. The molecule has 0 aliphatic heterocycles. The lowest BCUT2D eigenvalue weighted by molar-refractivity contribution is 0.670. The molecule has 0 bridgehead atoms. The number of nitrogens with zero attached hydrogens (tertiary/aromatic N) is 3. The van der Waals surface area contributed by atoms with E-state index in [4.69, 9.17) is 19.4 Å². The number of para-hydroxylation sites is 1. The van der Waals surface area contributed by atoms with Crippen LogP contribution in [0.5, 0.6) is 0 Å². The van der Waals surface area contributed by atoms with E-state index >= 15 is 0 Å². The summed E-state index contributed by atoms with van der Waals surface area (Å²) in [7, 11) is 0. The number of allylic oxidation sites excluding steroid dienone is 4. The average Bonchev–Trinajstić information content (AvgIpc) is 3.68. The van der Waals surface area contributed by atoms with Crippen LogP contribution in [0.4, 0.5) is 0 Å². The molecule has 10 aromatic rings. The Morgan fingerprint density at radius 2 is 0.965 bits per heavy atom. The molecule has 0 fully saturated rings. The molecule has 1 aliphatic carbocycles. The summed E-state index contributed by atoms with van der Waals surface area (Å²) in [5, 5.41) is 6.75. The van der Waals surface area contributed by atoms with Crippen molar-refractivity contribution < 1.29 is 4.42 Å². The summed E-state index contributed by atoms with van der Waals surface area (Å²) in [6.07, 6.45) is 8.99. The van der Waals surface area contributed by atoms with Crippen molar-refractivity contribution in [2.75, 3.05) is 0 Å². The van der Waals surface area contributed by atoms with Gasteiger partial charge in [0, 0.05) is 33.0 Å². The minimum atomic E-state index is 0.612. The summed E-state index contributed by atoms with van der Waals surface area (Å²) >= 11 is 0. The van der Waals surface area contributed by atoms with Crippen LogP contribution in [0.15, 0.2) is 193 Å². The molecule has 0 amide bonds. The fraction of sp³-hybridized carbons (Fsp3) is 0.0377. The lowest BCUT2D eigenvalue weighted by atomic mass is 9.93. The summed E-state index contributed by atoms with van der Waals surface area (Å²) in [6, 6.07) is 59.6. The molecular weight excluding hydrogens is 695 g/mol. The van der Waals surface area contributed by atoms with Gasteiger partial charge in [0.25, 0.3) is 0 Å². The molecule has 268 valence electrons. The Kier molecular flexibility index (Phi) is 7.92. The molecule has 2 heterocycles. The first-order chi connectivity index (χ1) is 28.2. The Morgan fingerprint density at radius 3 is 1.65 bits per heavy atom. The predicted molar refractivity (Wildman–Crippen MR) is 236 cm³/mol. The normalized spacial score (nSPS) is 12.8. The largest absolute Gasteiger partial charge is 0.455 e. The van der Waals surface area contributed by atoms with Gasteiger partial charge in [-0.1, -0.05) is 170 Å². The highest BCUT2D eigenvalue weighted by Crippen LogP contribution is 2.43. The summed E-state index contributed by atoms with van der Waals surface area (Å²) in [5.74, 6) is 1.87. The van der Waals surface area contributed by atoms with Crippen LogP contribution in [0.25, 0.3) is 105 Å². The maximum atomic E-state index is 6.75. The van der Waals surface area contributed by atoms with E-state index in [1.165, 1.54) is 21.9 Å². The third kappa shape index (κ3) is 5.90. The van der Waals surface area contributed by atoms with Crippen LogP contribution >= 0.6 is 0 Å². The van der Waals surface area contributed by atoms with Crippen molar-refractivity contribution in [1.29, 1.82) is 0 Å². The van der Waals surface area contributed by atoms with E-state index < -0.39 is 0 Å². The van der Waals surface area contributed by atoms with Crippen LogP contribution in [0.3, 0.4) is 0 Å². The van der Waals surface area contributed by atoms with Gasteiger partial charge in [0.1, 0.15) is 11.2 Å². The van der Waals surface area contributed by atoms with Crippen molar-refractivity contribution in [3.05, 3.63) is 194 Å². The number of rotatable bonds is 6. The fourth-order valence-corrected chi connectivity index (χ4v) is 8.29. The third-order valence-corrected chi connectivity index (χ3v) is 11.2. The fourth-order valence-electron chi connectivity index (χ4n) is 8.29. The summed E-state index contributed by atoms with van der Waals surface area (Å²) in [4.78, 5) is 15.6. The summed E-state index contributed by atoms with van der Waals surface area (Å²) in [5.41, 5.74) is 11.3. The molecule has 0 N–H and O–H groups in total. The molecule has 0 unspecified atom stereocenters. The maximum Gasteiger partial charge on any atom is 0.164 e. The second-order valence-corrected chi connectivity index (χ2v) is 14.7. The van der Waals surface area contributed by atoms with E-state index in [0.29, 0.717) is 17.5 Å². The van der Waals surface area contributed by atoms with Gasteiger partial charge in [-0.3, -0.25) is 0 Å². The maximum absolute atomic E-state index is 6.75. The molecule has 11 rings (SSSR count). The Hall–Kier alpha value is -7.43. The third-order valence-electron chi connectivity index (χ3n) is 11.2. The van der Waals surface area contributed by atoms with Gasteiger partial charge < -0.3 is 4.42 Å². The molecule has 0 radical (unpaired) electrons. The zero-order valence-electron chi connectivity index (χ0n) is 31.1. The van der Waals surface area contributed by atoms with Gasteiger partial charge in [-0.25, -0.2) is 15.0 Å². The van der Waals surface area contributed by atoms with Crippen molar-refractivity contribution in [1.82, 2.24) is 15.0 Å². The number of hydrogen-bond donors (Lipinski definition) is 0. The van der Waals surface area contributed by atoms with E-state index in [2.05, 4.69) is 188 Å². The van der Waals surface area contributed by atoms with E-state index in [9.17, 15) is 0 Å². The minimum Gasteiger partial charge on any atom is -0.455 e. The van der Waals surface area contributed by atoms with Crippen molar-refractivity contribution in [3.8, 4) is 56.4 Å². The van der Waals surface area contributed by atoms with Crippen LogP contribution in [-0.4, -0.2) is 15.0 Å². The highest BCUT2D eigenvalue weighted by molar-refractivity contribution is 6.16. The first kappa shape index (κ1) is 33.0. The van der Waals surface area contributed by atoms with Crippen LogP contribution in [0.2, 0.25) is 0 Å². The number of hydrogen-bond acceptors (Lipinski definition) is 4. The molecule has 1 aliphatic rings. The number of benzene rings is 8. The molecular formula is C53H35N3O. The van der Waals surface area contributed by atoms with Crippen molar-refractivity contribution in [2.45, 2.75) is 12.8 Å². The molecule has 0 saturated heterocycles. The Bertz CT molecular complexity index is 3150. The number of aromatic nitrogens is 3. The van der Waals surface area contributed by atoms with E-state index in [-0.39, 0.29) is 0 Å². The Morgan fingerprint density at radius 1 is 0.404 bits per heavy atom. The minimum absolute atomic E-state index is 0.612. The molecule has 0 spiro atoms. The van der Waals surface area contributed by atoms with Gasteiger partial charge in [0.15, 0.2) is 17.5 Å². The number of fused-ring (bicyclic) bond motifs is 5. The summed E-state index contributed by atoms with van der Waals surface area (Å²) in [6.45, 7) is 0. The first-order valence-electron chi connectivity index (χ1n) is 19.5. The monoisotopic (exact) mass is 729 g/mol. The highest BCUT2D eigenvalue weighted by atomic mass is 16.3. The molecule has 2 aromatic heterocycles. The Labute approximate surface area is 330 Å². The molecule has 0 saturated carbocycles. The van der Waals surface area contributed by atoms with Crippen molar-refractivity contribution in [3.63, 3.8) is 0 Å². The van der Waals surface area contributed by atoms with Crippen LogP contribution in [-0.2, 0) is 0 Å². The zero-order valence-corrected chi connectivity index (χ0v) is 31.1. The van der Waals surface area contributed by atoms with Gasteiger partial charge in [0.2, 0.25) is 0 Å². The average molecular weight is 730 g/mol. The smallest absolute Gasteiger partial charge is 0.164 e. The predicted octanol–water partition coefficient (Wildman–Crippen LogP) is 14.1. The zero-order chi connectivity index (χ0) is 37.7. The van der Waals surface area contributed by atoms with Crippen LogP contribution in [0, 0.1) is 0 Å². The van der Waals surface area contributed by atoms with Crippen molar-refractivity contribution in [2.24, 2.45) is 0 Å². The molecule has 4 nitrogen and oxygen atoms in total. The number of furan rings is 1. The topological polar surface area (TPSA) is 51.8 Å². The standard InChI is InChI=1S/C53H35N3O/c1-2-12-34(13-3-1)37-24-28-38(29-25-37)43-20-10-22-47-49-45(21-11-23-48(49)57-50(43)47)44-18-8-9-19-46(44)53-55-51(41-30-26-35-14-4-6-16-39(35)32-41)54-52(56-53)42-31-27-36-15-5-7-17-40(36)33-42/h2,4-33H,1,3H2. The lowest BCUT2D eigenvalue weighted by Gasteiger charge is -2.13. The van der Waals surface area contributed by atoms with Gasteiger partial charge in [0.05, 0.1) is 0 Å².